The fourth-order valence-electron chi connectivity index (χ4n) is 2.27. The molecule has 0 aliphatic heterocycles. The van der Waals surface area contributed by atoms with Crippen LogP contribution in [0.5, 0.6) is 0 Å². The Hall–Kier alpha value is -1.68. The number of fused-ring (bicyclic) bond motifs is 1. The predicted molar refractivity (Wildman–Crippen MR) is 110 cm³/mol. The first-order valence-electron chi connectivity index (χ1n) is 8.74. The average molecular weight is 387 g/mol. The highest BCUT2D eigenvalue weighted by atomic mass is 32.2. The second-order valence-electron chi connectivity index (χ2n) is 7.82. The molecule has 6 heteroatoms. The van der Waals surface area contributed by atoms with Crippen molar-refractivity contribution in [3.63, 3.8) is 0 Å². The van der Waals surface area contributed by atoms with E-state index in [0.717, 1.165) is 40.9 Å². The number of aldehydes is 1. The molecule has 26 heavy (non-hydrogen) atoms. The minimum atomic E-state index is -1.72. The molecule has 0 saturated heterocycles. The molecule has 1 heterocycles. The number of thioether (sulfide) groups is 1. The third-order valence-corrected chi connectivity index (χ3v) is 10.7. The van der Waals surface area contributed by atoms with E-state index in [9.17, 15) is 10.1 Å². The average Bonchev–Trinajstić information content (AvgIpc) is 2.59. The van der Waals surface area contributed by atoms with Gasteiger partial charge in [-0.05, 0) is 42.8 Å². The SMILES string of the molecule is CC(C)(C)[Si](C)(C)OCCCSc1c(C#N)cnc2ccc(C=O)cc12. The zero-order valence-electron chi connectivity index (χ0n) is 16.1. The predicted octanol–water partition coefficient (Wildman–Crippen LogP) is 5.42. The lowest BCUT2D eigenvalue weighted by Gasteiger charge is -2.36. The number of pyridine rings is 1. The van der Waals surface area contributed by atoms with Crippen LogP contribution in [-0.2, 0) is 4.43 Å². The van der Waals surface area contributed by atoms with Crippen LogP contribution in [0.2, 0.25) is 18.1 Å². The summed E-state index contributed by atoms with van der Waals surface area (Å²) in [7, 11) is -1.72. The van der Waals surface area contributed by atoms with Crippen LogP contribution in [0.25, 0.3) is 10.9 Å². The maximum absolute atomic E-state index is 11.1. The topological polar surface area (TPSA) is 63.0 Å². The maximum atomic E-state index is 11.1. The van der Waals surface area contributed by atoms with Crippen molar-refractivity contribution in [2.75, 3.05) is 12.4 Å². The molecule has 0 bridgehead atoms. The first-order chi connectivity index (χ1) is 12.2. The largest absolute Gasteiger partial charge is 0.417 e. The zero-order valence-corrected chi connectivity index (χ0v) is 17.9. The number of aromatic nitrogens is 1. The summed E-state index contributed by atoms with van der Waals surface area (Å²) in [6, 6.07) is 7.59. The highest BCUT2D eigenvalue weighted by Gasteiger charge is 2.36. The highest BCUT2D eigenvalue weighted by Crippen LogP contribution is 2.37. The fourth-order valence-corrected chi connectivity index (χ4v) is 4.40. The van der Waals surface area contributed by atoms with Crippen LogP contribution in [-0.4, -0.2) is 31.9 Å². The molecule has 0 radical (unpaired) electrons. The molecule has 1 aromatic carbocycles. The molecule has 0 aliphatic carbocycles. The molecule has 0 amide bonds. The molecule has 0 aliphatic rings. The molecule has 138 valence electrons. The van der Waals surface area contributed by atoms with Gasteiger partial charge >= 0.3 is 0 Å². The van der Waals surface area contributed by atoms with Crippen LogP contribution in [0.15, 0.2) is 29.3 Å². The van der Waals surface area contributed by atoms with Crippen LogP contribution in [0.1, 0.15) is 43.1 Å². The van der Waals surface area contributed by atoms with Gasteiger partial charge in [0.25, 0.3) is 0 Å². The molecule has 2 aromatic rings. The quantitative estimate of drug-likeness (QED) is 0.275. The summed E-state index contributed by atoms with van der Waals surface area (Å²) >= 11 is 1.64. The fraction of sp³-hybridized carbons (Fsp3) is 0.450. The van der Waals surface area contributed by atoms with Gasteiger partial charge in [-0.3, -0.25) is 9.78 Å². The molecule has 0 saturated carbocycles. The van der Waals surface area contributed by atoms with Crippen LogP contribution < -0.4 is 0 Å². The first-order valence-corrected chi connectivity index (χ1v) is 12.6. The number of nitrogens with zero attached hydrogens (tertiary/aromatic N) is 2. The Bertz CT molecular complexity index is 838. The third kappa shape index (κ3) is 4.73. The van der Waals surface area contributed by atoms with E-state index in [4.69, 9.17) is 4.43 Å². The van der Waals surface area contributed by atoms with E-state index in [1.54, 1.807) is 24.0 Å². The van der Waals surface area contributed by atoms with Crippen molar-refractivity contribution in [3.05, 3.63) is 35.5 Å². The van der Waals surface area contributed by atoms with E-state index in [-0.39, 0.29) is 5.04 Å². The van der Waals surface area contributed by atoms with Crippen molar-refractivity contribution < 1.29 is 9.22 Å². The smallest absolute Gasteiger partial charge is 0.191 e. The first kappa shape index (κ1) is 20.6. The summed E-state index contributed by atoms with van der Waals surface area (Å²) in [4.78, 5) is 16.3. The summed E-state index contributed by atoms with van der Waals surface area (Å²) < 4.78 is 6.21. The van der Waals surface area contributed by atoms with Crippen molar-refractivity contribution in [1.82, 2.24) is 4.98 Å². The molecule has 4 nitrogen and oxygen atoms in total. The van der Waals surface area contributed by atoms with Gasteiger partial charge in [0.05, 0.1) is 11.1 Å². The molecular weight excluding hydrogens is 360 g/mol. The Morgan fingerprint density at radius 2 is 2.08 bits per heavy atom. The van der Waals surface area contributed by atoms with E-state index < -0.39 is 8.32 Å². The number of rotatable bonds is 7. The number of nitriles is 1. The van der Waals surface area contributed by atoms with Crippen molar-refractivity contribution in [1.29, 1.82) is 5.26 Å². The van der Waals surface area contributed by atoms with E-state index in [1.165, 1.54) is 0 Å². The molecule has 0 fully saturated rings. The van der Waals surface area contributed by atoms with Gasteiger partial charge in [-0.15, -0.1) is 11.8 Å². The summed E-state index contributed by atoms with van der Waals surface area (Å²) in [6.45, 7) is 12.0. The van der Waals surface area contributed by atoms with Gasteiger partial charge in [0.15, 0.2) is 8.32 Å². The molecule has 0 spiro atoms. The number of carbonyl (C=O) groups is 1. The third-order valence-electron chi connectivity index (χ3n) is 4.90. The Morgan fingerprint density at radius 3 is 2.69 bits per heavy atom. The normalized spacial score (nSPS) is 12.2. The van der Waals surface area contributed by atoms with E-state index in [1.807, 2.05) is 12.1 Å². The Labute approximate surface area is 161 Å². The number of hydrogen-bond donors (Lipinski definition) is 0. The summed E-state index contributed by atoms with van der Waals surface area (Å²) in [5, 5.41) is 10.5. The minimum absolute atomic E-state index is 0.209. The number of benzene rings is 1. The van der Waals surface area contributed by atoms with Gasteiger partial charge in [0.2, 0.25) is 0 Å². The second kappa shape index (κ2) is 8.34. The standard InChI is InChI=1S/C20H26N2O2SSi/c1-20(2,3)26(4,5)24-9-6-10-25-19-16(12-21)13-22-18-8-7-15(14-23)11-17(18)19/h7-8,11,13-14H,6,9-10H2,1-5H3. The molecular formula is C20H26N2O2SSi. The van der Waals surface area contributed by atoms with Gasteiger partial charge in [-0.25, -0.2) is 0 Å². The van der Waals surface area contributed by atoms with E-state index >= 15 is 0 Å². The zero-order chi connectivity index (χ0) is 19.4. The van der Waals surface area contributed by atoms with Crippen LogP contribution in [0, 0.1) is 11.3 Å². The van der Waals surface area contributed by atoms with Crippen molar-refractivity contribution in [2.24, 2.45) is 0 Å². The Morgan fingerprint density at radius 1 is 1.35 bits per heavy atom. The van der Waals surface area contributed by atoms with Crippen LogP contribution in [0.3, 0.4) is 0 Å². The highest BCUT2D eigenvalue weighted by molar-refractivity contribution is 7.99. The lowest BCUT2D eigenvalue weighted by molar-refractivity contribution is 0.112. The molecule has 0 unspecified atom stereocenters. The Balaban J connectivity index is 2.08. The van der Waals surface area contributed by atoms with E-state index in [2.05, 4.69) is 44.9 Å². The van der Waals surface area contributed by atoms with Crippen LogP contribution >= 0.6 is 11.8 Å². The second-order valence-corrected chi connectivity index (χ2v) is 13.7. The monoisotopic (exact) mass is 386 g/mol. The molecule has 0 N–H and O–H groups in total. The summed E-state index contributed by atoms with van der Waals surface area (Å²) in [5.41, 5.74) is 1.95. The van der Waals surface area contributed by atoms with Crippen molar-refractivity contribution in [3.8, 4) is 6.07 Å². The van der Waals surface area contributed by atoms with E-state index in [0.29, 0.717) is 11.1 Å². The summed E-state index contributed by atoms with van der Waals surface area (Å²) in [5.74, 6) is 0.855. The maximum Gasteiger partial charge on any atom is 0.191 e. The van der Waals surface area contributed by atoms with Crippen LogP contribution in [0.4, 0.5) is 0 Å². The van der Waals surface area contributed by atoms with Crippen molar-refractivity contribution >= 4 is 37.3 Å². The summed E-state index contributed by atoms with van der Waals surface area (Å²) in [6.07, 6.45) is 3.34. The minimum Gasteiger partial charge on any atom is -0.417 e. The lowest BCUT2D eigenvalue weighted by Crippen LogP contribution is -2.41. The molecule has 0 atom stereocenters. The van der Waals surface area contributed by atoms with Gasteiger partial charge in [0, 0.05) is 34.4 Å². The molecule has 1 aromatic heterocycles. The number of carbonyl (C=O) groups excluding carboxylic acids is 1. The molecule has 2 rings (SSSR count). The Kier molecular flexibility index (Phi) is 6.62. The van der Waals surface area contributed by atoms with Gasteiger partial charge in [0.1, 0.15) is 12.4 Å². The van der Waals surface area contributed by atoms with Gasteiger partial charge in [-0.1, -0.05) is 20.8 Å². The van der Waals surface area contributed by atoms with Crippen molar-refractivity contribution in [2.45, 2.75) is 50.2 Å². The number of hydrogen-bond acceptors (Lipinski definition) is 5. The van der Waals surface area contributed by atoms with Gasteiger partial charge in [-0.2, -0.15) is 5.26 Å². The van der Waals surface area contributed by atoms with Gasteiger partial charge < -0.3 is 4.43 Å². The lowest BCUT2D eigenvalue weighted by atomic mass is 10.1.